The number of hydrogen-bond donors (Lipinski definition) is 3. The molecule has 1 aromatic rings. The van der Waals surface area contributed by atoms with Gasteiger partial charge in [0.05, 0.1) is 0 Å². The number of nitrogens with one attached hydrogen (secondary N) is 1. The fraction of sp³-hybridized carbons (Fsp3) is 0.286. The topological polar surface area (TPSA) is 79.1 Å². The van der Waals surface area contributed by atoms with Gasteiger partial charge in [-0.15, -0.1) is 0 Å². The molecule has 4 heteroatoms. The molecule has 0 saturated heterocycles. The van der Waals surface area contributed by atoms with Gasteiger partial charge in [0.15, 0.2) is 0 Å². The summed E-state index contributed by atoms with van der Waals surface area (Å²) in [5.74, 6) is -0.963. The summed E-state index contributed by atoms with van der Waals surface area (Å²) in [6.07, 6.45) is 3.75. The van der Waals surface area contributed by atoms with Crippen LogP contribution in [0.2, 0.25) is 0 Å². The van der Waals surface area contributed by atoms with Crippen LogP contribution in [0, 0.1) is 0 Å². The van der Waals surface area contributed by atoms with Crippen molar-refractivity contribution >= 4 is 5.97 Å². The minimum absolute atomic E-state index is 0.731. The van der Waals surface area contributed by atoms with Crippen molar-refractivity contribution in [1.82, 2.24) is 4.98 Å². The van der Waals surface area contributed by atoms with E-state index in [2.05, 4.69) is 4.98 Å². The first-order valence-electron chi connectivity index (χ1n) is 3.20. The Morgan fingerprint density at radius 1 is 1.55 bits per heavy atom. The summed E-state index contributed by atoms with van der Waals surface area (Å²) < 4.78 is 0. The zero-order valence-corrected chi connectivity index (χ0v) is 6.32. The number of nitrogens with two attached hydrogens (primary N) is 1. The molecule has 0 aromatic carbocycles. The van der Waals surface area contributed by atoms with E-state index >= 15 is 0 Å². The molecule has 0 radical (unpaired) electrons. The lowest BCUT2D eigenvalue weighted by Crippen LogP contribution is -2.25. The summed E-state index contributed by atoms with van der Waals surface area (Å²) in [6, 6.07) is 3.16. The minimum Gasteiger partial charge on any atom is -0.480 e. The molecule has 0 bridgehead atoms. The maximum Gasteiger partial charge on any atom is 0.320 e. The maximum atomic E-state index is 9.57. The van der Waals surface area contributed by atoms with Crippen LogP contribution >= 0.6 is 0 Å². The molecular formula is C7H12N2O2. The van der Waals surface area contributed by atoms with E-state index in [0.717, 1.165) is 0 Å². The zero-order valence-electron chi connectivity index (χ0n) is 6.32. The number of H-pyrrole nitrogens is 1. The van der Waals surface area contributed by atoms with Crippen LogP contribution in [0.15, 0.2) is 24.5 Å². The van der Waals surface area contributed by atoms with Crippen LogP contribution in [0.5, 0.6) is 0 Å². The van der Waals surface area contributed by atoms with E-state index in [1.165, 1.54) is 6.92 Å². The van der Waals surface area contributed by atoms with Gasteiger partial charge >= 0.3 is 5.97 Å². The van der Waals surface area contributed by atoms with Gasteiger partial charge in [0, 0.05) is 12.4 Å². The number of carboxylic acids is 1. The van der Waals surface area contributed by atoms with Crippen LogP contribution in [0.4, 0.5) is 0 Å². The maximum absolute atomic E-state index is 9.57. The molecule has 0 unspecified atom stereocenters. The molecule has 0 aliphatic carbocycles. The van der Waals surface area contributed by atoms with Crippen LogP contribution in [0.25, 0.3) is 0 Å². The molecular weight excluding hydrogens is 144 g/mol. The Balaban J connectivity index is 0.000000183. The van der Waals surface area contributed by atoms with Gasteiger partial charge in [-0.25, -0.2) is 0 Å². The van der Waals surface area contributed by atoms with Gasteiger partial charge in [0.1, 0.15) is 6.04 Å². The van der Waals surface area contributed by atoms with Crippen molar-refractivity contribution in [1.29, 1.82) is 0 Å². The molecule has 0 amide bonds. The highest BCUT2D eigenvalue weighted by molar-refractivity contribution is 5.72. The van der Waals surface area contributed by atoms with Gasteiger partial charge in [0.25, 0.3) is 0 Å². The average molecular weight is 156 g/mol. The van der Waals surface area contributed by atoms with Crippen molar-refractivity contribution < 1.29 is 9.90 Å². The highest BCUT2D eigenvalue weighted by Gasteiger charge is 1.99. The monoisotopic (exact) mass is 156 g/mol. The number of hydrogen-bond acceptors (Lipinski definition) is 2. The molecule has 0 spiro atoms. The van der Waals surface area contributed by atoms with Gasteiger partial charge in [-0.2, -0.15) is 0 Å². The Morgan fingerprint density at radius 3 is 2.00 bits per heavy atom. The van der Waals surface area contributed by atoms with Gasteiger partial charge in [-0.05, 0) is 19.1 Å². The second kappa shape index (κ2) is 5.49. The molecule has 0 aliphatic heterocycles. The van der Waals surface area contributed by atoms with Crippen LogP contribution in [-0.4, -0.2) is 22.1 Å². The zero-order chi connectivity index (χ0) is 8.69. The number of aromatic nitrogens is 1. The summed E-state index contributed by atoms with van der Waals surface area (Å²) in [6.45, 7) is 1.42. The van der Waals surface area contributed by atoms with Crippen molar-refractivity contribution in [2.24, 2.45) is 5.73 Å². The standard InChI is InChI=1S/C4H5N.C3H7NO2/c1-2-4-5-3-1;1-2(4)3(5)6/h1-5H;2H,4H2,1H3,(H,5,6)/t;2-/m.0/s1. The molecule has 1 aromatic heterocycles. The van der Waals surface area contributed by atoms with Crippen molar-refractivity contribution in [2.75, 3.05) is 0 Å². The fourth-order valence-electron chi connectivity index (χ4n) is 0.278. The van der Waals surface area contributed by atoms with E-state index < -0.39 is 12.0 Å². The quantitative estimate of drug-likeness (QED) is 0.551. The molecule has 0 saturated carbocycles. The number of carbonyl (C=O) groups is 1. The smallest absolute Gasteiger partial charge is 0.320 e. The number of carboxylic acid groups (broad SMARTS) is 1. The van der Waals surface area contributed by atoms with Gasteiger partial charge < -0.3 is 15.8 Å². The number of aromatic amines is 1. The van der Waals surface area contributed by atoms with Gasteiger partial charge in [0.2, 0.25) is 0 Å². The first-order chi connectivity index (χ1) is 5.14. The molecule has 11 heavy (non-hydrogen) atoms. The molecule has 1 rings (SSSR count). The first-order valence-corrected chi connectivity index (χ1v) is 3.20. The lowest BCUT2D eigenvalue weighted by molar-refractivity contribution is -0.138. The number of aliphatic carboxylic acids is 1. The van der Waals surface area contributed by atoms with Crippen molar-refractivity contribution in [3.63, 3.8) is 0 Å². The van der Waals surface area contributed by atoms with E-state index in [1.807, 2.05) is 24.5 Å². The van der Waals surface area contributed by atoms with E-state index in [-0.39, 0.29) is 0 Å². The Bertz CT molecular complexity index is 165. The van der Waals surface area contributed by atoms with E-state index in [4.69, 9.17) is 10.8 Å². The van der Waals surface area contributed by atoms with Crippen LogP contribution < -0.4 is 5.73 Å². The third-order valence-electron chi connectivity index (χ3n) is 0.886. The molecule has 62 valence electrons. The molecule has 1 heterocycles. The highest BCUT2D eigenvalue weighted by Crippen LogP contribution is 1.72. The summed E-state index contributed by atoms with van der Waals surface area (Å²) in [5.41, 5.74) is 4.84. The van der Waals surface area contributed by atoms with Crippen molar-refractivity contribution in [3.8, 4) is 0 Å². The predicted octanol–water partition coefficient (Wildman–Crippen LogP) is 0.433. The van der Waals surface area contributed by atoms with Crippen LogP contribution in [-0.2, 0) is 4.79 Å². The Hall–Kier alpha value is -1.29. The minimum atomic E-state index is -0.963. The Labute approximate surface area is 65.0 Å². The molecule has 4 N–H and O–H groups in total. The first kappa shape index (κ1) is 9.71. The predicted molar refractivity (Wildman–Crippen MR) is 42.1 cm³/mol. The molecule has 4 nitrogen and oxygen atoms in total. The van der Waals surface area contributed by atoms with Gasteiger partial charge in [-0.1, -0.05) is 0 Å². The molecule has 0 fully saturated rings. The van der Waals surface area contributed by atoms with Crippen LogP contribution in [0.3, 0.4) is 0 Å². The van der Waals surface area contributed by atoms with E-state index in [1.54, 1.807) is 0 Å². The second-order valence-electron chi connectivity index (χ2n) is 2.01. The Morgan fingerprint density at radius 2 is 1.91 bits per heavy atom. The SMILES string of the molecule is C[C@H](N)C(=O)O.c1cc[nH]c1. The summed E-state index contributed by atoms with van der Waals surface area (Å²) in [4.78, 5) is 12.4. The van der Waals surface area contributed by atoms with Crippen LogP contribution in [0.1, 0.15) is 6.92 Å². The van der Waals surface area contributed by atoms with E-state index in [0.29, 0.717) is 0 Å². The van der Waals surface area contributed by atoms with E-state index in [9.17, 15) is 4.79 Å². The largest absolute Gasteiger partial charge is 0.480 e. The summed E-state index contributed by atoms with van der Waals surface area (Å²) in [5, 5.41) is 7.87. The third-order valence-corrected chi connectivity index (χ3v) is 0.886. The third kappa shape index (κ3) is 6.60. The summed E-state index contributed by atoms with van der Waals surface area (Å²) in [7, 11) is 0. The van der Waals surface area contributed by atoms with Gasteiger partial charge in [-0.3, -0.25) is 4.79 Å². The van der Waals surface area contributed by atoms with Crippen molar-refractivity contribution in [3.05, 3.63) is 24.5 Å². The van der Waals surface area contributed by atoms with Crippen molar-refractivity contribution in [2.45, 2.75) is 13.0 Å². The Kier molecular flexibility index (Phi) is 4.85. The summed E-state index contributed by atoms with van der Waals surface area (Å²) >= 11 is 0. The molecule has 1 atom stereocenters. The highest BCUT2D eigenvalue weighted by atomic mass is 16.4. The molecule has 0 aliphatic rings. The fourth-order valence-corrected chi connectivity index (χ4v) is 0.278. The second-order valence-corrected chi connectivity index (χ2v) is 2.01. The lowest BCUT2D eigenvalue weighted by atomic mass is 10.4. The number of rotatable bonds is 1. The normalized spacial score (nSPS) is 11.1. The average Bonchev–Trinajstić information content (AvgIpc) is 2.41. The lowest BCUT2D eigenvalue weighted by Gasteiger charge is -1.90.